The molecule has 86 valence electrons. The first-order valence-electron chi connectivity index (χ1n) is 5.99. The summed E-state index contributed by atoms with van der Waals surface area (Å²) in [5, 5.41) is 4.33. The van der Waals surface area contributed by atoms with Gasteiger partial charge in [-0.15, -0.1) is 0 Å². The molecule has 16 heavy (non-hydrogen) atoms. The summed E-state index contributed by atoms with van der Waals surface area (Å²) in [5.74, 6) is 1.34. The number of aryl methyl sites for hydroxylation is 1. The average molecular weight is 219 g/mol. The molecule has 0 radical (unpaired) electrons. The van der Waals surface area contributed by atoms with Gasteiger partial charge in [-0.05, 0) is 5.92 Å². The largest absolute Gasteiger partial charge is 0.336 e. The van der Waals surface area contributed by atoms with Crippen LogP contribution >= 0.6 is 0 Å². The van der Waals surface area contributed by atoms with Gasteiger partial charge in [0.1, 0.15) is 0 Å². The van der Waals surface area contributed by atoms with Gasteiger partial charge in [0.25, 0.3) is 0 Å². The first-order chi connectivity index (χ1) is 7.70. The van der Waals surface area contributed by atoms with Gasteiger partial charge < -0.3 is 4.90 Å². The molecule has 1 fully saturated rings. The van der Waals surface area contributed by atoms with Crippen LogP contribution in [0.25, 0.3) is 0 Å². The molecule has 2 atom stereocenters. The maximum absolute atomic E-state index is 11.9. The molecule has 1 aromatic rings. The molecule has 0 N–H and O–H groups in total. The minimum absolute atomic E-state index is 0.315. The van der Waals surface area contributed by atoms with E-state index in [1.54, 1.807) is 0 Å². The van der Waals surface area contributed by atoms with Crippen molar-refractivity contribution in [2.24, 2.45) is 13.0 Å². The van der Waals surface area contributed by atoms with Crippen LogP contribution in [0.4, 0.5) is 0 Å². The average Bonchev–Trinajstić information content (AvgIpc) is 2.66. The smallest absolute Gasteiger partial charge is 0.223 e. The quantitative estimate of drug-likeness (QED) is 0.713. The van der Waals surface area contributed by atoms with Gasteiger partial charge in [-0.1, -0.05) is 13.3 Å². The second kappa shape index (κ2) is 3.34. The lowest BCUT2D eigenvalue weighted by Gasteiger charge is -2.41. The Kier molecular flexibility index (Phi) is 2.06. The van der Waals surface area contributed by atoms with Gasteiger partial charge in [-0.3, -0.25) is 9.48 Å². The lowest BCUT2D eigenvalue weighted by Crippen LogP contribution is -2.46. The number of carbonyl (C=O) groups excluding carboxylic acids is 1. The molecular formula is C12H17N3O. The number of aromatic nitrogens is 2. The van der Waals surface area contributed by atoms with Crippen LogP contribution < -0.4 is 0 Å². The molecular weight excluding hydrogens is 202 g/mol. The first kappa shape index (κ1) is 9.87. The van der Waals surface area contributed by atoms with Gasteiger partial charge in [0, 0.05) is 31.5 Å². The SMILES string of the molecule is CC[C@H]1CC(=O)N2Cc3c(cnn3C)C1C2. The Balaban J connectivity index is 2.06. The fraction of sp³-hybridized carbons (Fsp3) is 0.667. The fourth-order valence-electron chi connectivity index (χ4n) is 3.08. The standard InChI is InChI=1S/C12H17N3O/c1-3-8-4-12(16)15-6-10(8)9-5-13-14(2)11(9)7-15/h5,8,10H,3-4,6-7H2,1-2H3/t8-,10?/m0/s1. The van der Waals surface area contributed by atoms with E-state index in [-0.39, 0.29) is 0 Å². The third-order valence-corrected chi connectivity index (χ3v) is 4.13. The van der Waals surface area contributed by atoms with Gasteiger partial charge in [0.2, 0.25) is 5.91 Å². The highest BCUT2D eigenvalue weighted by atomic mass is 16.2. The third kappa shape index (κ3) is 1.22. The highest BCUT2D eigenvalue weighted by Crippen LogP contribution is 2.40. The molecule has 0 aliphatic carbocycles. The molecule has 4 heteroatoms. The zero-order valence-corrected chi connectivity index (χ0v) is 9.81. The van der Waals surface area contributed by atoms with E-state index in [0.29, 0.717) is 17.7 Å². The monoisotopic (exact) mass is 219 g/mol. The van der Waals surface area contributed by atoms with Gasteiger partial charge in [-0.2, -0.15) is 5.10 Å². The summed E-state index contributed by atoms with van der Waals surface area (Å²) in [6.45, 7) is 3.83. The molecule has 1 aromatic heterocycles. The van der Waals surface area contributed by atoms with E-state index in [1.165, 1.54) is 11.3 Å². The van der Waals surface area contributed by atoms with Crippen molar-refractivity contribution in [2.75, 3.05) is 6.54 Å². The van der Waals surface area contributed by atoms with Crippen molar-refractivity contribution in [3.63, 3.8) is 0 Å². The summed E-state index contributed by atoms with van der Waals surface area (Å²) >= 11 is 0. The Morgan fingerprint density at radius 1 is 1.56 bits per heavy atom. The molecule has 3 rings (SSSR count). The lowest BCUT2D eigenvalue weighted by molar-refractivity contribution is -0.137. The number of piperidine rings is 1. The van der Waals surface area contributed by atoms with Crippen LogP contribution in [-0.2, 0) is 18.4 Å². The van der Waals surface area contributed by atoms with Crippen molar-refractivity contribution in [3.8, 4) is 0 Å². The van der Waals surface area contributed by atoms with Crippen molar-refractivity contribution in [1.29, 1.82) is 0 Å². The number of carbonyl (C=O) groups is 1. The molecule has 4 nitrogen and oxygen atoms in total. The number of amides is 1. The topological polar surface area (TPSA) is 38.1 Å². The molecule has 2 aliphatic heterocycles. The van der Waals surface area contributed by atoms with Crippen LogP contribution in [0, 0.1) is 5.92 Å². The maximum Gasteiger partial charge on any atom is 0.223 e. The van der Waals surface area contributed by atoms with Crippen molar-refractivity contribution in [2.45, 2.75) is 32.2 Å². The predicted molar refractivity (Wildman–Crippen MR) is 59.8 cm³/mol. The Hall–Kier alpha value is -1.32. The van der Waals surface area contributed by atoms with Gasteiger partial charge >= 0.3 is 0 Å². The van der Waals surface area contributed by atoms with E-state index in [4.69, 9.17) is 0 Å². The Bertz CT molecular complexity index is 437. The number of fused-ring (bicyclic) bond motifs is 4. The second-order valence-corrected chi connectivity index (χ2v) is 4.92. The fourth-order valence-corrected chi connectivity index (χ4v) is 3.08. The van der Waals surface area contributed by atoms with E-state index in [1.807, 2.05) is 22.8 Å². The van der Waals surface area contributed by atoms with Crippen molar-refractivity contribution in [1.82, 2.24) is 14.7 Å². The van der Waals surface area contributed by atoms with Crippen molar-refractivity contribution < 1.29 is 4.79 Å². The van der Waals surface area contributed by atoms with Crippen LogP contribution in [0.5, 0.6) is 0 Å². The van der Waals surface area contributed by atoms with Crippen LogP contribution in [0.15, 0.2) is 6.20 Å². The summed E-state index contributed by atoms with van der Waals surface area (Å²) in [6, 6.07) is 0. The summed E-state index contributed by atoms with van der Waals surface area (Å²) in [4.78, 5) is 13.9. The zero-order chi connectivity index (χ0) is 11.3. The summed E-state index contributed by atoms with van der Waals surface area (Å²) < 4.78 is 1.92. The molecule has 0 aromatic carbocycles. The maximum atomic E-state index is 11.9. The molecule has 0 spiro atoms. The van der Waals surface area contributed by atoms with Crippen LogP contribution in [-0.4, -0.2) is 27.1 Å². The Morgan fingerprint density at radius 2 is 2.38 bits per heavy atom. The first-order valence-corrected chi connectivity index (χ1v) is 5.99. The van der Waals surface area contributed by atoms with E-state index in [2.05, 4.69) is 12.0 Å². The highest BCUT2D eigenvalue weighted by Gasteiger charge is 2.39. The number of hydrogen-bond acceptors (Lipinski definition) is 2. The molecule has 0 saturated carbocycles. The van der Waals surface area contributed by atoms with E-state index < -0.39 is 0 Å². The molecule has 2 aliphatic rings. The van der Waals surface area contributed by atoms with Crippen LogP contribution in [0.1, 0.15) is 36.9 Å². The lowest BCUT2D eigenvalue weighted by atomic mass is 9.77. The van der Waals surface area contributed by atoms with E-state index in [0.717, 1.165) is 25.9 Å². The minimum Gasteiger partial charge on any atom is -0.336 e. The number of hydrogen-bond donors (Lipinski definition) is 0. The van der Waals surface area contributed by atoms with Crippen LogP contribution in [0.2, 0.25) is 0 Å². The van der Waals surface area contributed by atoms with Gasteiger partial charge in [0.05, 0.1) is 18.4 Å². The summed E-state index contributed by atoms with van der Waals surface area (Å²) in [5.41, 5.74) is 2.60. The van der Waals surface area contributed by atoms with Gasteiger partial charge in [-0.25, -0.2) is 0 Å². The minimum atomic E-state index is 0.315. The third-order valence-electron chi connectivity index (χ3n) is 4.13. The van der Waals surface area contributed by atoms with Crippen molar-refractivity contribution >= 4 is 5.91 Å². The molecule has 3 heterocycles. The molecule has 1 amide bonds. The summed E-state index contributed by atoms with van der Waals surface area (Å²) in [6.07, 6.45) is 3.80. The van der Waals surface area contributed by atoms with E-state index >= 15 is 0 Å². The van der Waals surface area contributed by atoms with E-state index in [9.17, 15) is 4.79 Å². The Morgan fingerprint density at radius 3 is 3.12 bits per heavy atom. The molecule has 2 bridgehead atoms. The molecule has 1 saturated heterocycles. The molecule has 1 unspecified atom stereocenters. The van der Waals surface area contributed by atoms with Gasteiger partial charge in [0.15, 0.2) is 0 Å². The number of nitrogens with zero attached hydrogens (tertiary/aromatic N) is 3. The Labute approximate surface area is 95.2 Å². The normalized spacial score (nSPS) is 28.1. The zero-order valence-electron chi connectivity index (χ0n) is 9.81. The van der Waals surface area contributed by atoms with Crippen molar-refractivity contribution in [3.05, 3.63) is 17.5 Å². The predicted octanol–water partition coefficient (Wildman–Crippen LogP) is 1.28. The summed E-state index contributed by atoms with van der Waals surface area (Å²) in [7, 11) is 1.96. The van der Waals surface area contributed by atoms with Crippen LogP contribution in [0.3, 0.4) is 0 Å². The second-order valence-electron chi connectivity index (χ2n) is 4.92. The highest BCUT2D eigenvalue weighted by molar-refractivity contribution is 5.78. The number of rotatable bonds is 1.